The van der Waals surface area contributed by atoms with Crippen molar-refractivity contribution in [3.63, 3.8) is 0 Å². The number of para-hydroxylation sites is 1. The van der Waals surface area contributed by atoms with Gasteiger partial charge in [-0.15, -0.1) is 0 Å². The van der Waals surface area contributed by atoms with Gasteiger partial charge in [0.25, 0.3) is 0 Å². The molecule has 6 nitrogen and oxygen atoms in total. The first-order valence-corrected chi connectivity index (χ1v) is 11.5. The van der Waals surface area contributed by atoms with Gasteiger partial charge in [-0.1, -0.05) is 35.6 Å². The maximum absolute atomic E-state index is 14.0. The number of fused-ring (bicyclic) bond motifs is 1. The maximum atomic E-state index is 14.0. The fraction of sp³-hybridized carbons (Fsp3) is 0.300. The number of benzene rings is 2. The lowest BCUT2D eigenvalue weighted by atomic mass is 10.3. The van der Waals surface area contributed by atoms with Gasteiger partial charge in [0, 0.05) is 19.5 Å². The molecular formula is C20H22FN3O3S2. The molecule has 3 aromatic rings. The van der Waals surface area contributed by atoms with Crippen LogP contribution in [0.3, 0.4) is 0 Å². The molecule has 0 aliphatic rings. The Kier molecular flexibility index (Phi) is 6.61. The number of carbonyl (C=O) groups excluding carboxylic acids is 1. The molecule has 0 spiro atoms. The summed E-state index contributed by atoms with van der Waals surface area (Å²) in [7, 11) is 0.182. The quantitative estimate of drug-likeness (QED) is 0.543. The van der Waals surface area contributed by atoms with E-state index in [9.17, 15) is 17.6 Å². The molecule has 0 aliphatic heterocycles. The van der Waals surface area contributed by atoms with Crippen LogP contribution in [0.2, 0.25) is 0 Å². The molecule has 154 valence electrons. The smallest absolute Gasteiger partial charge is 0.229 e. The van der Waals surface area contributed by atoms with E-state index in [4.69, 9.17) is 0 Å². The van der Waals surface area contributed by atoms with Crippen LogP contribution >= 0.6 is 11.3 Å². The molecule has 2 aromatic carbocycles. The zero-order valence-electron chi connectivity index (χ0n) is 16.2. The minimum absolute atomic E-state index is 0.178. The van der Waals surface area contributed by atoms with Gasteiger partial charge in [-0.3, -0.25) is 9.69 Å². The van der Waals surface area contributed by atoms with Gasteiger partial charge >= 0.3 is 0 Å². The van der Waals surface area contributed by atoms with Gasteiger partial charge in [0.1, 0.15) is 11.3 Å². The second-order valence-electron chi connectivity index (χ2n) is 6.81. The first-order chi connectivity index (χ1) is 13.8. The van der Waals surface area contributed by atoms with Crippen molar-refractivity contribution in [1.29, 1.82) is 0 Å². The summed E-state index contributed by atoms with van der Waals surface area (Å²) in [5, 5.41) is 0.369. The van der Waals surface area contributed by atoms with Crippen molar-refractivity contribution < 1.29 is 17.6 Å². The van der Waals surface area contributed by atoms with Gasteiger partial charge < -0.3 is 4.90 Å². The number of aromatic nitrogens is 1. The van der Waals surface area contributed by atoms with Crippen LogP contribution in [0, 0.1) is 5.82 Å². The van der Waals surface area contributed by atoms with E-state index < -0.39 is 15.7 Å². The van der Waals surface area contributed by atoms with Gasteiger partial charge in [0.2, 0.25) is 5.91 Å². The van der Waals surface area contributed by atoms with Gasteiger partial charge in [0.15, 0.2) is 15.0 Å². The molecule has 0 aliphatic carbocycles. The standard InChI is InChI=1S/C20H22FN3O3S2/c1-23(2)12-13-24(20-22-19-16(21)9-6-10-17(19)28-20)18(25)11-14-29(26,27)15-7-4-3-5-8-15/h3-10H,11-14H2,1-2H3. The Hall–Kier alpha value is -2.36. The highest BCUT2D eigenvalue weighted by atomic mass is 32.2. The third-order valence-corrected chi connectivity index (χ3v) is 7.12. The highest BCUT2D eigenvalue weighted by Crippen LogP contribution is 2.30. The van der Waals surface area contributed by atoms with Gasteiger partial charge in [-0.05, 0) is 38.4 Å². The number of carbonyl (C=O) groups is 1. The SMILES string of the molecule is CN(C)CCN(C(=O)CCS(=O)(=O)c1ccccc1)c1nc2c(F)cccc2s1. The second-order valence-corrected chi connectivity index (χ2v) is 9.93. The molecule has 1 heterocycles. The Morgan fingerprint density at radius 2 is 1.79 bits per heavy atom. The second kappa shape index (κ2) is 8.98. The van der Waals surface area contributed by atoms with Crippen LogP contribution in [0.15, 0.2) is 53.4 Å². The lowest BCUT2D eigenvalue weighted by molar-refractivity contribution is -0.118. The summed E-state index contributed by atoms with van der Waals surface area (Å²) >= 11 is 1.22. The average Bonchev–Trinajstić information content (AvgIpc) is 3.12. The van der Waals surface area contributed by atoms with Crippen molar-refractivity contribution in [2.24, 2.45) is 0 Å². The van der Waals surface area contributed by atoms with E-state index >= 15 is 0 Å². The molecule has 0 fully saturated rings. The summed E-state index contributed by atoms with van der Waals surface area (Å²) in [6.45, 7) is 0.897. The molecule has 0 unspecified atom stereocenters. The van der Waals surface area contributed by atoms with E-state index in [0.717, 1.165) is 0 Å². The molecule has 0 saturated heterocycles. The molecular weight excluding hydrogens is 413 g/mol. The molecule has 1 aromatic heterocycles. The molecule has 0 bridgehead atoms. The zero-order valence-corrected chi connectivity index (χ0v) is 17.8. The number of likely N-dealkylation sites (N-methyl/N-ethyl adjacent to an activating group) is 1. The number of anilines is 1. The molecule has 29 heavy (non-hydrogen) atoms. The molecule has 9 heteroatoms. The Bertz CT molecular complexity index is 1100. The van der Waals surface area contributed by atoms with E-state index in [0.29, 0.717) is 22.9 Å². The van der Waals surface area contributed by atoms with E-state index in [2.05, 4.69) is 4.98 Å². The Balaban J connectivity index is 1.82. The van der Waals surface area contributed by atoms with Crippen LogP contribution in [0.25, 0.3) is 10.2 Å². The van der Waals surface area contributed by atoms with Gasteiger partial charge in [0.05, 0.1) is 15.3 Å². The number of hydrogen-bond acceptors (Lipinski definition) is 6. The molecule has 0 saturated carbocycles. The van der Waals surface area contributed by atoms with Crippen molar-refractivity contribution in [2.75, 3.05) is 37.8 Å². The number of rotatable bonds is 8. The monoisotopic (exact) mass is 435 g/mol. The number of halogens is 1. The van der Waals surface area contributed by atoms with Crippen molar-refractivity contribution >= 4 is 42.4 Å². The summed E-state index contributed by atoms with van der Waals surface area (Å²) in [6.07, 6.45) is -0.178. The third kappa shape index (κ3) is 5.17. The summed E-state index contributed by atoms with van der Waals surface area (Å²) in [5.74, 6) is -1.10. The van der Waals surface area contributed by atoms with Gasteiger partial charge in [-0.2, -0.15) is 0 Å². The molecule has 0 atom stereocenters. The number of amides is 1. The molecule has 0 radical (unpaired) electrons. The first kappa shape index (κ1) is 21.4. The topological polar surface area (TPSA) is 70.6 Å². The number of nitrogens with zero attached hydrogens (tertiary/aromatic N) is 3. The van der Waals surface area contributed by atoms with Crippen molar-refractivity contribution in [3.05, 3.63) is 54.3 Å². The lowest BCUT2D eigenvalue weighted by Crippen LogP contribution is -2.37. The predicted octanol–water partition coefficient (Wildman–Crippen LogP) is 3.19. The van der Waals surface area contributed by atoms with E-state index in [1.165, 1.54) is 34.4 Å². The lowest BCUT2D eigenvalue weighted by Gasteiger charge is -2.22. The van der Waals surface area contributed by atoms with E-state index in [1.54, 1.807) is 30.3 Å². The van der Waals surface area contributed by atoms with Crippen LogP contribution in [0.4, 0.5) is 9.52 Å². The summed E-state index contributed by atoms with van der Waals surface area (Å²) in [4.78, 5) is 20.8. The van der Waals surface area contributed by atoms with E-state index in [-0.39, 0.29) is 28.5 Å². The van der Waals surface area contributed by atoms with Crippen LogP contribution in [0.5, 0.6) is 0 Å². The number of thiazole rings is 1. The van der Waals surface area contributed by atoms with Crippen LogP contribution in [-0.2, 0) is 14.6 Å². The highest BCUT2D eigenvalue weighted by molar-refractivity contribution is 7.91. The highest BCUT2D eigenvalue weighted by Gasteiger charge is 2.23. The zero-order chi connectivity index (χ0) is 21.0. The molecule has 0 N–H and O–H groups in total. The van der Waals surface area contributed by atoms with Gasteiger partial charge in [-0.25, -0.2) is 17.8 Å². The third-order valence-electron chi connectivity index (χ3n) is 4.35. The number of hydrogen-bond donors (Lipinski definition) is 0. The largest absolute Gasteiger partial charge is 0.308 e. The van der Waals surface area contributed by atoms with Crippen LogP contribution in [0.1, 0.15) is 6.42 Å². The first-order valence-electron chi connectivity index (χ1n) is 9.06. The number of sulfone groups is 1. The summed E-state index contributed by atoms with van der Waals surface area (Å²) in [6, 6.07) is 12.7. The Morgan fingerprint density at radius 3 is 2.45 bits per heavy atom. The van der Waals surface area contributed by atoms with Crippen molar-refractivity contribution in [3.8, 4) is 0 Å². The fourth-order valence-corrected chi connectivity index (χ4v) is 5.02. The van der Waals surface area contributed by atoms with Crippen LogP contribution < -0.4 is 4.90 Å². The Morgan fingerprint density at radius 1 is 1.07 bits per heavy atom. The summed E-state index contributed by atoms with van der Waals surface area (Å²) in [5.41, 5.74) is 0.215. The maximum Gasteiger partial charge on any atom is 0.229 e. The van der Waals surface area contributed by atoms with Crippen LogP contribution in [-0.4, -0.2) is 57.1 Å². The normalized spacial score (nSPS) is 11.9. The fourth-order valence-electron chi connectivity index (χ4n) is 2.75. The minimum Gasteiger partial charge on any atom is -0.308 e. The predicted molar refractivity (Wildman–Crippen MR) is 114 cm³/mol. The Labute approximate surface area is 173 Å². The van der Waals surface area contributed by atoms with E-state index in [1.807, 2.05) is 19.0 Å². The summed E-state index contributed by atoms with van der Waals surface area (Å²) < 4.78 is 39.7. The minimum atomic E-state index is -3.57. The molecule has 1 amide bonds. The molecule has 3 rings (SSSR count). The van der Waals surface area contributed by atoms with Crippen molar-refractivity contribution in [2.45, 2.75) is 11.3 Å². The van der Waals surface area contributed by atoms with Crippen molar-refractivity contribution in [1.82, 2.24) is 9.88 Å². The average molecular weight is 436 g/mol.